The number of anilines is 2. The van der Waals surface area contributed by atoms with Crippen molar-refractivity contribution in [2.45, 2.75) is 19.6 Å². The number of aryl methyl sites for hydroxylation is 1. The minimum absolute atomic E-state index is 0.134. The van der Waals surface area contributed by atoms with Crippen LogP contribution in [0, 0.1) is 6.92 Å². The van der Waals surface area contributed by atoms with E-state index in [0.29, 0.717) is 11.0 Å². The summed E-state index contributed by atoms with van der Waals surface area (Å²) in [5.74, 6) is -0.694. The molecule has 0 aliphatic heterocycles. The lowest BCUT2D eigenvalue weighted by Gasteiger charge is -2.10. The molecule has 0 radical (unpaired) electrons. The predicted octanol–water partition coefficient (Wildman–Crippen LogP) is 2.50. The van der Waals surface area contributed by atoms with E-state index in [1.807, 2.05) is 25.1 Å². The predicted molar refractivity (Wildman–Crippen MR) is 103 cm³/mol. The highest BCUT2D eigenvalue weighted by atomic mass is 35.5. The molecule has 28 heavy (non-hydrogen) atoms. The maximum Gasteiger partial charge on any atom is 0.334 e. The highest BCUT2D eigenvalue weighted by Crippen LogP contribution is 2.27. The molecule has 0 saturated heterocycles. The molecular formula is C18H18ClN5O4. The monoisotopic (exact) mass is 403 g/mol. The van der Waals surface area contributed by atoms with E-state index < -0.39 is 12.1 Å². The van der Waals surface area contributed by atoms with Crippen LogP contribution in [0.2, 0.25) is 5.02 Å². The van der Waals surface area contributed by atoms with E-state index in [1.165, 1.54) is 18.0 Å². The fourth-order valence-electron chi connectivity index (χ4n) is 2.57. The first-order chi connectivity index (χ1) is 13.4. The molecule has 1 atom stereocenters. The first-order valence-corrected chi connectivity index (χ1v) is 8.62. The number of carbonyl (C=O) groups is 1. The minimum Gasteiger partial charge on any atom is -0.480 e. The molecule has 0 saturated carbocycles. The van der Waals surface area contributed by atoms with Crippen LogP contribution in [0.5, 0.6) is 5.88 Å². The van der Waals surface area contributed by atoms with Crippen LogP contribution in [0.1, 0.15) is 5.56 Å². The average Bonchev–Trinajstić information content (AvgIpc) is 3.11. The van der Waals surface area contributed by atoms with Crippen molar-refractivity contribution in [3.05, 3.63) is 47.4 Å². The van der Waals surface area contributed by atoms with E-state index in [2.05, 4.69) is 20.4 Å². The van der Waals surface area contributed by atoms with Crippen molar-refractivity contribution in [1.82, 2.24) is 19.7 Å². The van der Waals surface area contributed by atoms with Crippen molar-refractivity contribution in [2.24, 2.45) is 0 Å². The Morgan fingerprint density at radius 3 is 2.82 bits per heavy atom. The van der Waals surface area contributed by atoms with E-state index >= 15 is 0 Å². The van der Waals surface area contributed by atoms with E-state index in [0.717, 1.165) is 22.4 Å². The van der Waals surface area contributed by atoms with Gasteiger partial charge in [-0.2, -0.15) is 10.1 Å². The van der Waals surface area contributed by atoms with E-state index in [1.54, 1.807) is 12.4 Å². The van der Waals surface area contributed by atoms with Gasteiger partial charge in [-0.1, -0.05) is 17.7 Å². The number of nitrogens with zero attached hydrogens (tertiary/aromatic N) is 4. The molecule has 2 heterocycles. The normalized spacial score (nSPS) is 11.9. The molecule has 10 heteroatoms. The van der Waals surface area contributed by atoms with Crippen molar-refractivity contribution >= 4 is 29.2 Å². The number of methoxy groups -OCH3 is 1. The zero-order valence-electron chi connectivity index (χ0n) is 15.1. The third kappa shape index (κ3) is 4.56. The van der Waals surface area contributed by atoms with Crippen LogP contribution in [0.4, 0.5) is 11.6 Å². The first-order valence-electron chi connectivity index (χ1n) is 8.24. The molecule has 3 aromatic rings. The number of ether oxygens (including phenoxy) is 1. The lowest BCUT2D eigenvalue weighted by Crippen LogP contribution is -2.25. The molecule has 1 aromatic carbocycles. The average molecular weight is 404 g/mol. The number of benzene rings is 1. The van der Waals surface area contributed by atoms with Crippen molar-refractivity contribution in [2.75, 3.05) is 12.4 Å². The van der Waals surface area contributed by atoms with Gasteiger partial charge in [-0.3, -0.25) is 4.68 Å². The molecule has 146 valence electrons. The molecule has 0 unspecified atom stereocenters. The molecule has 3 N–H and O–H groups in total. The molecule has 0 aliphatic rings. The Morgan fingerprint density at radius 1 is 1.32 bits per heavy atom. The van der Waals surface area contributed by atoms with Crippen LogP contribution >= 0.6 is 11.6 Å². The number of aliphatic hydroxyl groups is 1. The molecule has 0 aliphatic carbocycles. The number of rotatable bonds is 7. The van der Waals surface area contributed by atoms with Crippen molar-refractivity contribution in [3.8, 4) is 17.0 Å². The maximum atomic E-state index is 10.8. The molecule has 0 amide bonds. The lowest BCUT2D eigenvalue weighted by molar-refractivity contribution is -0.147. The first kappa shape index (κ1) is 19.6. The third-order valence-corrected chi connectivity index (χ3v) is 4.11. The van der Waals surface area contributed by atoms with Crippen molar-refractivity contribution in [1.29, 1.82) is 0 Å². The minimum atomic E-state index is -1.51. The van der Waals surface area contributed by atoms with Gasteiger partial charge in [0.2, 0.25) is 11.8 Å². The summed E-state index contributed by atoms with van der Waals surface area (Å²) >= 11 is 5.95. The summed E-state index contributed by atoms with van der Waals surface area (Å²) in [7, 11) is 1.47. The Labute approximate surface area is 165 Å². The van der Waals surface area contributed by atoms with Crippen LogP contribution in [0.3, 0.4) is 0 Å². The van der Waals surface area contributed by atoms with Gasteiger partial charge in [-0.25, -0.2) is 9.78 Å². The summed E-state index contributed by atoms with van der Waals surface area (Å²) in [5, 5.41) is 25.8. The number of aliphatic carboxylic acids is 1. The van der Waals surface area contributed by atoms with Crippen LogP contribution < -0.4 is 10.1 Å². The van der Waals surface area contributed by atoms with Gasteiger partial charge >= 0.3 is 5.97 Å². The van der Waals surface area contributed by atoms with E-state index in [-0.39, 0.29) is 12.4 Å². The second kappa shape index (κ2) is 8.24. The van der Waals surface area contributed by atoms with Gasteiger partial charge in [0.05, 0.1) is 26.0 Å². The van der Waals surface area contributed by atoms with Gasteiger partial charge in [-0.05, 0) is 30.2 Å². The van der Waals surface area contributed by atoms with E-state index in [4.69, 9.17) is 21.4 Å². The molecule has 3 rings (SSSR count). The zero-order chi connectivity index (χ0) is 20.3. The smallest absolute Gasteiger partial charge is 0.334 e. The second-order valence-corrected chi connectivity index (χ2v) is 6.48. The Morgan fingerprint density at radius 2 is 2.11 bits per heavy atom. The number of carboxylic acid groups (broad SMARTS) is 1. The van der Waals surface area contributed by atoms with Crippen LogP contribution in [-0.4, -0.2) is 49.1 Å². The van der Waals surface area contributed by atoms with Gasteiger partial charge in [0.15, 0.2) is 6.10 Å². The largest absolute Gasteiger partial charge is 0.480 e. The number of nitrogens with one attached hydrogen (secondary N) is 1. The molecular weight excluding hydrogens is 386 g/mol. The Kier molecular flexibility index (Phi) is 5.76. The Hall–Kier alpha value is -3.17. The number of aromatic nitrogens is 4. The Balaban J connectivity index is 1.84. The van der Waals surface area contributed by atoms with Gasteiger partial charge in [0.25, 0.3) is 0 Å². The summed E-state index contributed by atoms with van der Waals surface area (Å²) < 4.78 is 6.48. The van der Waals surface area contributed by atoms with Gasteiger partial charge in [0, 0.05) is 17.4 Å². The van der Waals surface area contributed by atoms with Crippen LogP contribution in [-0.2, 0) is 11.3 Å². The molecule has 2 aromatic heterocycles. The van der Waals surface area contributed by atoms with Gasteiger partial charge in [-0.15, -0.1) is 0 Å². The summed E-state index contributed by atoms with van der Waals surface area (Å²) in [5.41, 5.74) is 3.37. The van der Waals surface area contributed by atoms with Crippen molar-refractivity contribution in [3.63, 3.8) is 0 Å². The van der Waals surface area contributed by atoms with E-state index in [9.17, 15) is 9.90 Å². The fraction of sp³-hybridized carbons (Fsp3) is 0.222. The quantitative estimate of drug-likeness (QED) is 0.550. The summed E-state index contributed by atoms with van der Waals surface area (Å²) in [6.45, 7) is 1.81. The molecule has 0 fully saturated rings. The fourth-order valence-corrected chi connectivity index (χ4v) is 2.74. The second-order valence-electron chi connectivity index (χ2n) is 6.07. The number of hydrogen-bond acceptors (Lipinski definition) is 7. The Bertz CT molecular complexity index is 1010. The lowest BCUT2D eigenvalue weighted by atomic mass is 10.1. The maximum absolute atomic E-state index is 10.8. The summed E-state index contributed by atoms with van der Waals surface area (Å²) in [6.07, 6.45) is 3.21. The third-order valence-electron chi connectivity index (χ3n) is 3.85. The zero-order valence-corrected chi connectivity index (χ0v) is 15.9. The van der Waals surface area contributed by atoms with Gasteiger partial charge < -0.3 is 20.3 Å². The van der Waals surface area contributed by atoms with Gasteiger partial charge in [0.1, 0.15) is 5.02 Å². The molecule has 0 bridgehead atoms. The molecule has 9 nitrogen and oxygen atoms in total. The SMILES string of the molecule is COc1nc(Nc2cc(C)cc(-c3cnn(C[C@@H](O)C(=O)O)c3)c2)ncc1Cl. The van der Waals surface area contributed by atoms with Crippen LogP contribution in [0.25, 0.3) is 11.1 Å². The highest BCUT2D eigenvalue weighted by Gasteiger charge is 2.15. The summed E-state index contributed by atoms with van der Waals surface area (Å²) in [4.78, 5) is 19.1. The number of halogens is 1. The highest BCUT2D eigenvalue weighted by molar-refractivity contribution is 6.31. The number of carboxylic acids is 1. The van der Waals surface area contributed by atoms with Crippen molar-refractivity contribution < 1.29 is 19.7 Å². The van der Waals surface area contributed by atoms with Crippen LogP contribution in [0.15, 0.2) is 36.8 Å². The topological polar surface area (TPSA) is 122 Å². The molecule has 0 spiro atoms. The number of hydrogen-bond donors (Lipinski definition) is 3. The number of aliphatic hydroxyl groups excluding tert-OH is 1. The standard InChI is InChI=1S/C18H18ClN5O4/c1-10-3-11(12-6-21-24(8-12)9-15(25)17(26)27)5-13(4-10)22-18-20-7-14(19)16(23-18)28-2/h3-8,15,25H,9H2,1-2H3,(H,26,27)(H,20,22,23)/t15-/m1/s1. The summed E-state index contributed by atoms with van der Waals surface area (Å²) in [6, 6.07) is 5.77.